The summed E-state index contributed by atoms with van der Waals surface area (Å²) in [4.78, 5) is 13.9. The largest absolute Gasteiger partial charge is 0.289 e. The van der Waals surface area contributed by atoms with Crippen molar-refractivity contribution in [1.29, 1.82) is 0 Å². The molecule has 0 bridgehead atoms. The Labute approximate surface area is 201 Å². The van der Waals surface area contributed by atoms with E-state index in [4.69, 9.17) is 0 Å². The first kappa shape index (κ1) is 22.3. The van der Waals surface area contributed by atoms with E-state index in [1.54, 1.807) is 12.2 Å². The number of rotatable bonds is 4. The predicted octanol–water partition coefficient (Wildman–Crippen LogP) is 6.83. The van der Waals surface area contributed by atoms with Gasteiger partial charge in [-0.3, -0.25) is 4.79 Å². The van der Waals surface area contributed by atoms with Crippen LogP contribution in [0.15, 0.2) is 133 Å². The fourth-order valence-corrected chi connectivity index (χ4v) is 3.37. The molecule has 4 rings (SSSR count). The summed E-state index contributed by atoms with van der Waals surface area (Å²) in [5.41, 5.74) is 4.47. The van der Waals surface area contributed by atoms with Crippen molar-refractivity contribution >= 4 is 16.9 Å². The van der Waals surface area contributed by atoms with E-state index in [-0.39, 0.29) is 5.78 Å². The van der Waals surface area contributed by atoms with Crippen molar-refractivity contribution in [2.24, 2.45) is 0 Å². The van der Waals surface area contributed by atoms with Gasteiger partial charge >= 0.3 is 0 Å². The molecule has 0 saturated heterocycles. The SMILES string of the molecule is O=C(/C(=C/C#Cc1ccccc1)c1ccccc1)/C(=C/C#Cc1ccccc1)c1ccccc1. The second-order valence-electron chi connectivity index (χ2n) is 7.45. The molecule has 0 heterocycles. The van der Waals surface area contributed by atoms with Crippen molar-refractivity contribution in [2.75, 3.05) is 0 Å². The van der Waals surface area contributed by atoms with Gasteiger partial charge in [-0.2, -0.15) is 0 Å². The van der Waals surface area contributed by atoms with Gasteiger partial charge in [0.1, 0.15) is 0 Å². The van der Waals surface area contributed by atoms with Crippen molar-refractivity contribution < 1.29 is 4.79 Å². The lowest BCUT2D eigenvalue weighted by molar-refractivity contribution is -0.108. The zero-order chi connectivity index (χ0) is 23.4. The van der Waals surface area contributed by atoms with Crippen LogP contribution in [0.1, 0.15) is 22.3 Å². The zero-order valence-corrected chi connectivity index (χ0v) is 18.6. The van der Waals surface area contributed by atoms with E-state index < -0.39 is 0 Å². The fourth-order valence-electron chi connectivity index (χ4n) is 3.37. The van der Waals surface area contributed by atoms with Crippen molar-refractivity contribution in [1.82, 2.24) is 0 Å². The van der Waals surface area contributed by atoms with Gasteiger partial charge in [0, 0.05) is 34.4 Å². The number of carbonyl (C=O) groups excluding carboxylic acids is 1. The number of allylic oxidation sites excluding steroid dienone is 4. The molecule has 0 N–H and O–H groups in total. The van der Waals surface area contributed by atoms with E-state index in [1.807, 2.05) is 121 Å². The lowest BCUT2D eigenvalue weighted by Gasteiger charge is -2.10. The highest BCUT2D eigenvalue weighted by Crippen LogP contribution is 2.25. The normalized spacial score (nSPS) is 10.9. The molecule has 0 atom stereocenters. The number of ketones is 1. The predicted molar refractivity (Wildman–Crippen MR) is 140 cm³/mol. The molecule has 0 aliphatic heterocycles. The molecule has 4 aromatic rings. The molecule has 0 aliphatic rings. The highest BCUT2D eigenvalue weighted by atomic mass is 16.1. The third-order valence-electron chi connectivity index (χ3n) is 5.07. The summed E-state index contributed by atoms with van der Waals surface area (Å²) < 4.78 is 0. The van der Waals surface area contributed by atoms with Crippen LogP contribution >= 0.6 is 0 Å². The Morgan fingerprint density at radius 2 is 0.794 bits per heavy atom. The summed E-state index contributed by atoms with van der Waals surface area (Å²) >= 11 is 0. The lowest BCUT2D eigenvalue weighted by Crippen LogP contribution is -2.05. The number of Topliss-reactive ketones (excluding diaryl/α,β-unsaturated/α-hetero) is 1. The molecule has 0 amide bonds. The molecule has 0 saturated carbocycles. The third-order valence-corrected chi connectivity index (χ3v) is 5.07. The average molecular weight is 435 g/mol. The van der Waals surface area contributed by atoms with Crippen LogP contribution in [0.3, 0.4) is 0 Å². The highest BCUT2D eigenvalue weighted by Gasteiger charge is 2.18. The average Bonchev–Trinajstić information content (AvgIpc) is 2.91. The number of carbonyl (C=O) groups is 1. The molecule has 1 nitrogen and oxygen atoms in total. The van der Waals surface area contributed by atoms with Gasteiger partial charge in [-0.05, 0) is 35.4 Å². The van der Waals surface area contributed by atoms with E-state index in [9.17, 15) is 4.79 Å². The Morgan fingerprint density at radius 3 is 1.15 bits per heavy atom. The Hall–Kier alpha value is -4.85. The Morgan fingerprint density at radius 1 is 0.471 bits per heavy atom. The Bertz CT molecular complexity index is 1310. The minimum absolute atomic E-state index is 0.123. The van der Waals surface area contributed by atoms with Gasteiger partial charge in [0.2, 0.25) is 0 Å². The van der Waals surface area contributed by atoms with E-state index >= 15 is 0 Å². The molecule has 0 fully saturated rings. The van der Waals surface area contributed by atoms with Crippen LogP contribution in [0.4, 0.5) is 0 Å². The summed E-state index contributed by atoms with van der Waals surface area (Å²) in [7, 11) is 0. The van der Waals surface area contributed by atoms with E-state index in [0.717, 1.165) is 22.3 Å². The van der Waals surface area contributed by atoms with Crippen molar-refractivity contribution in [3.8, 4) is 23.7 Å². The van der Waals surface area contributed by atoms with Gasteiger partial charge < -0.3 is 0 Å². The van der Waals surface area contributed by atoms with Gasteiger partial charge in [-0.1, -0.05) is 121 Å². The van der Waals surface area contributed by atoms with Crippen LogP contribution in [-0.4, -0.2) is 5.78 Å². The fraction of sp³-hybridized carbons (Fsp3) is 0. The van der Waals surface area contributed by atoms with E-state index in [0.29, 0.717) is 11.1 Å². The molecule has 0 aromatic heterocycles. The van der Waals surface area contributed by atoms with Crippen LogP contribution in [0.2, 0.25) is 0 Å². The van der Waals surface area contributed by atoms with Gasteiger partial charge in [0.05, 0.1) is 0 Å². The molecular formula is C33H22O. The standard InChI is InChI=1S/C33H22O/c34-33(31(29-21-9-3-10-22-29)25-13-19-27-15-5-1-6-16-27)32(30-23-11-4-12-24-30)26-14-20-28-17-7-2-8-18-28/h1-12,15-18,21-26H/b31-25+,32-26+. The molecule has 4 aromatic carbocycles. The van der Waals surface area contributed by atoms with Crippen LogP contribution in [0.5, 0.6) is 0 Å². The molecule has 1 heteroatoms. The smallest absolute Gasteiger partial charge is 0.195 e. The van der Waals surface area contributed by atoms with Crippen molar-refractivity contribution in [3.05, 3.63) is 156 Å². The molecular weight excluding hydrogens is 412 g/mol. The first-order valence-electron chi connectivity index (χ1n) is 11.0. The van der Waals surface area contributed by atoms with Crippen LogP contribution in [0, 0.1) is 23.7 Å². The third kappa shape index (κ3) is 6.10. The van der Waals surface area contributed by atoms with Crippen molar-refractivity contribution in [3.63, 3.8) is 0 Å². The van der Waals surface area contributed by atoms with Crippen LogP contribution in [0.25, 0.3) is 11.1 Å². The maximum atomic E-state index is 13.9. The molecule has 0 aliphatic carbocycles. The lowest BCUT2D eigenvalue weighted by atomic mass is 9.92. The highest BCUT2D eigenvalue weighted by molar-refractivity contribution is 6.42. The zero-order valence-electron chi connectivity index (χ0n) is 18.6. The minimum atomic E-state index is -0.123. The Balaban J connectivity index is 1.77. The summed E-state index contributed by atoms with van der Waals surface area (Å²) in [5, 5.41) is 0. The second kappa shape index (κ2) is 11.7. The van der Waals surface area contributed by atoms with Crippen LogP contribution < -0.4 is 0 Å². The minimum Gasteiger partial charge on any atom is -0.289 e. The quantitative estimate of drug-likeness (QED) is 0.254. The van der Waals surface area contributed by atoms with E-state index in [2.05, 4.69) is 23.7 Å². The van der Waals surface area contributed by atoms with Gasteiger partial charge in [0.15, 0.2) is 5.78 Å². The number of hydrogen-bond donors (Lipinski definition) is 0. The molecule has 0 unspecified atom stereocenters. The van der Waals surface area contributed by atoms with Crippen LogP contribution in [-0.2, 0) is 4.79 Å². The monoisotopic (exact) mass is 434 g/mol. The summed E-state index contributed by atoms with van der Waals surface area (Å²) in [6.45, 7) is 0. The summed E-state index contributed by atoms with van der Waals surface area (Å²) in [6.07, 6.45) is 3.40. The maximum Gasteiger partial charge on any atom is 0.195 e. The van der Waals surface area contributed by atoms with Crippen molar-refractivity contribution in [2.45, 2.75) is 0 Å². The molecule has 160 valence electrons. The van der Waals surface area contributed by atoms with Gasteiger partial charge in [0.25, 0.3) is 0 Å². The molecule has 0 radical (unpaired) electrons. The first-order chi connectivity index (χ1) is 16.8. The number of benzene rings is 4. The summed E-state index contributed by atoms with van der Waals surface area (Å²) in [6, 6.07) is 38.7. The van der Waals surface area contributed by atoms with Gasteiger partial charge in [-0.15, -0.1) is 0 Å². The topological polar surface area (TPSA) is 17.1 Å². The second-order valence-corrected chi connectivity index (χ2v) is 7.45. The maximum absolute atomic E-state index is 13.9. The molecule has 0 spiro atoms. The first-order valence-corrected chi connectivity index (χ1v) is 11.0. The van der Waals surface area contributed by atoms with Gasteiger partial charge in [-0.25, -0.2) is 0 Å². The summed E-state index contributed by atoms with van der Waals surface area (Å²) in [5.74, 6) is 12.3. The Kier molecular flexibility index (Phi) is 7.68. The van der Waals surface area contributed by atoms with E-state index in [1.165, 1.54) is 0 Å². The molecule has 34 heavy (non-hydrogen) atoms. The number of hydrogen-bond acceptors (Lipinski definition) is 1.